The molecule has 0 radical (unpaired) electrons. The lowest BCUT2D eigenvalue weighted by molar-refractivity contribution is 0.442. The zero-order valence-corrected chi connectivity index (χ0v) is 20.4. The fourth-order valence-electron chi connectivity index (χ4n) is 4.45. The summed E-state index contributed by atoms with van der Waals surface area (Å²) in [6.45, 7) is 8.80. The molecule has 0 saturated carbocycles. The third-order valence-corrected chi connectivity index (χ3v) is 8.38. The fourth-order valence-corrected chi connectivity index (χ4v) is 6.43. The number of aliphatic imine (C=N–C) groups is 1. The summed E-state index contributed by atoms with van der Waals surface area (Å²) in [6, 6.07) is 23.0. The molecule has 3 aromatic carbocycles. The first-order chi connectivity index (χ1) is 15.0. The van der Waals surface area contributed by atoms with Crippen LogP contribution in [0.5, 0.6) is 5.75 Å². The van der Waals surface area contributed by atoms with Crippen molar-refractivity contribution in [1.29, 1.82) is 0 Å². The summed E-state index contributed by atoms with van der Waals surface area (Å²) < 4.78 is 0. The highest BCUT2D eigenvalue weighted by atomic mass is 31.1. The predicted molar refractivity (Wildman–Crippen MR) is 137 cm³/mol. The van der Waals surface area contributed by atoms with E-state index in [1.807, 2.05) is 25.2 Å². The summed E-state index contributed by atoms with van der Waals surface area (Å²) in [4.78, 5) is 4.71. The third kappa shape index (κ3) is 4.91. The molecule has 0 heterocycles. The van der Waals surface area contributed by atoms with Gasteiger partial charge in [0.25, 0.3) is 0 Å². The summed E-state index contributed by atoms with van der Waals surface area (Å²) in [5.74, 6) is 0.413. The summed E-state index contributed by atoms with van der Waals surface area (Å²) >= 11 is 0. The quantitative estimate of drug-likeness (QED) is 0.306. The topological polar surface area (TPSA) is 32.6 Å². The van der Waals surface area contributed by atoms with Crippen LogP contribution in [0.25, 0.3) is 0 Å². The van der Waals surface area contributed by atoms with E-state index < -0.39 is 0 Å². The summed E-state index contributed by atoms with van der Waals surface area (Å²) in [5, 5.41) is 12.1. The van der Waals surface area contributed by atoms with Crippen molar-refractivity contribution in [3.63, 3.8) is 0 Å². The van der Waals surface area contributed by atoms with Crippen molar-refractivity contribution < 1.29 is 5.11 Å². The molecule has 3 aromatic rings. The zero-order valence-electron chi connectivity index (χ0n) is 19.4. The molecule has 162 valence electrons. The highest BCUT2D eigenvalue weighted by Crippen LogP contribution is 2.51. The molecule has 0 aliphatic heterocycles. The molecule has 0 aliphatic rings. The van der Waals surface area contributed by atoms with Crippen LogP contribution in [0.15, 0.2) is 71.7 Å². The van der Waals surface area contributed by atoms with Crippen LogP contribution in [0.4, 0.5) is 0 Å². The predicted octanol–water partition coefficient (Wildman–Crippen LogP) is 6.89. The second kappa shape index (κ2) is 10.2. The van der Waals surface area contributed by atoms with Crippen LogP contribution in [0, 0.1) is 13.8 Å². The molecule has 0 spiro atoms. The molecule has 2 nitrogen and oxygen atoms in total. The number of hydrogen-bond acceptors (Lipinski definition) is 2. The van der Waals surface area contributed by atoms with Crippen molar-refractivity contribution >= 4 is 19.6 Å². The lowest BCUT2D eigenvalue weighted by Crippen LogP contribution is -2.26. The van der Waals surface area contributed by atoms with Gasteiger partial charge in [-0.1, -0.05) is 95.1 Å². The number of nitrogens with zero attached hydrogens (tertiary/aromatic N) is 1. The van der Waals surface area contributed by atoms with Gasteiger partial charge in [-0.25, -0.2) is 0 Å². The molecule has 2 unspecified atom stereocenters. The number of rotatable bonds is 8. The van der Waals surface area contributed by atoms with Gasteiger partial charge in [0.15, 0.2) is 0 Å². The molecule has 1 N–H and O–H groups in total. The molecule has 31 heavy (non-hydrogen) atoms. The molecule has 0 aromatic heterocycles. The van der Waals surface area contributed by atoms with Gasteiger partial charge in [-0.15, -0.1) is 0 Å². The largest absolute Gasteiger partial charge is 0.508 e. The van der Waals surface area contributed by atoms with Crippen molar-refractivity contribution in [2.45, 2.75) is 52.1 Å². The van der Waals surface area contributed by atoms with Crippen LogP contribution < -0.4 is 5.30 Å². The van der Waals surface area contributed by atoms with Crippen molar-refractivity contribution in [1.82, 2.24) is 0 Å². The van der Waals surface area contributed by atoms with E-state index in [0.29, 0.717) is 14.3 Å². The highest BCUT2D eigenvalue weighted by molar-refractivity contribution is 7.49. The maximum Gasteiger partial charge on any atom is 0.119 e. The first-order valence-electron chi connectivity index (χ1n) is 11.2. The fraction of sp³-hybridized carbons (Fsp3) is 0.321. The van der Waals surface area contributed by atoms with E-state index in [4.69, 9.17) is 4.99 Å². The number of benzene rings is 3. The minimum Gasteiger partial charge on any atom is -0.508 e. The molecule has 0 saturated heterocycles. The first kappa shape index (κ1) is 23.2. The number of aromatic hydroxyl groups is 1. The van der Waals surface area contributed by atoms with Gasteiger partial charge in [0.1, 0.15) is 5.75 Å². The molecule has 3 heteroatoms. The van der Waals surface area contributed by atoms with Gasteiger partial charge >= 0.3 is 0 Å². The molecule has 0 amide bonds. The van der Waals surface area contributed by atoms with E-state index in [9.17, 15) is 5.11 Å². The van der Waals surface area contributed by atoms with E-state index >= 15 is 0 Å². The minimum atomic E-state index is -0.0960. The first-order valence-corrected chi connectivity index (χ1v) is 12.2. The maximum absolute atomic E-state index is 10.9. The lowest BCUT2D eigenvalue weighted by Gasteiger charge is -2.35. The van der Waals surface area contributed by atoms with Crippen LogP contribution in [0.2, 0.25) is 0 Å². The highest BCUT2D eigenvalue weighted by Gasteiger charge is 2.34. The molecular formula is C28H34NOP. The number of phenols is 1. The Labute approximate surface area is 189 Å². The Morgan fingerprint density at radius 3 is 2.35 bits per heavy atom. The van der Waals surface area contributed by atoms with E-state index in [2.05, 4.69) is 76.2 Å². The SMILES string of the molecule is CCCC(CC)(Pc1c(C)cccc1C(=NC)c1ccccc1)c1cc(C)ccc1O. The van der Waals surface area contributed by atoms with Crippen LogP contribution in [0.1, 0.15) is 60.9 Å². The van der Waals surface area contributed by atoms with Gasteiger partial charge in [-0.3, -0.25) is 4.99 Å². The Kier molecular flexibility index (Phi) is 7.68. The second-order valence-electron chi connectivity index (χ2n) is 8.27. The Hall–Kier alpha value is -2.44. The van der Waals surface area contributed by atoms with Crippen LogP contribution in [-0.4, -0.2) is 17.9 Å². The van der Waals surface area contributed by atoms with Crippen molar-refractivity contribution in [3.8, 4) is 5.75 Å². The maximum atomic E-state index is 10.9. The number of aryl methyl sites for hydroxylation is 2. The average Bonchev–Trinajstić information content (AvgIpc) is 2.78. The van der Waals surface area contributed by atoms with Crippen LogP contribution >= 0.6 is 8.58 Å². The zero-order chi connectivity index (χ0) is 22.4. The standard InChI is InChI=1S/C28H34NOP/c1-6-18-28(7-2,24-19-20(3)16-17-25(24)30)31-27-21(4)12-11-15-23(27)26(29-5)22-13-9-8-10-14-22/h8-17,19,30-31H,6-7,18H2,1-5H3. The molecule has 0 aliphatic carbocycles. The molecule has 3 rings (SSSR count). The Morgan fingerprint density at radius 1 is 0.968 bits per heavy atom. The van der Waals surface area contributed by atoms with E-state index in [-0.39, 0.29) is 5.16 Å². The van der Waals surface area contributed by atoms with Crippen molar-refractivity contribution in [2.24, 2.45) is 4.99 Å². The third-order valence-electron chi connectivity index (χ3n) is 6.11. The molecule has 0 fully saturated rings. The van der Waals surface area contributed by atoms with Gasteiger partial charge in [-0.2, -0.15) is 0 Å². The summed E-state index contributed by atoms with van der Waals surface area (Å²) in [6.07, 6.45) is 3.09. The van der Waals surface area contributed by atoms with E-state index in [1.165, 1.54) is 22.0 Å². The van der Waals surface area contributed by atoms with Crippen molar-refractivity contribution in [3.05, 3.63) is 94.5 Å². The second-order valence-corrected chi connectivity index (χ2v) is 9.97. The van der Waals surface area contributed by atoms with Gasteiger partial charge in [0.2, 0.25) is 0 Å². The lowest BCUT2D eigenvalue weighted by atomic mass is 9.89. The molecule has 2 atom stereocenters. The number of hydrogen-bond donors (Lipinski definition) is 1. The van der Waals surface area contributed by atoms with E-state index in [0.717, 1.165) is 36.1 Å². The van der Waals surface area contributed by atoms with Crippen LogP contribution in [-0.2, 0) is 5.16 Å². The summed E-state index contributed by atoms with van der Waals surface area (Å²) in [7, 11) is 2.42. The summed E-state index contributed by atoms with van der Waals surface area (Å²) in [5.41, 5.74) is 6.93. The van der Waals surface area contributed by atoms with Gasteiger partial charge in [0, 0.05) is 28.9 Å². The molecule has 0 bridgehead atoms. The molecular weight excluding hydrogens is 397 g/mol. The van der Waals surface area contributed by atoms with Crippen LogP contribution in [0.3, 0.4) is 0 Å². The van der Waals surface area contributed by atoms with Gasteiger partial charge < -0.3 is 5.11 Å². The average molecular weight is 432 g/mol. The smallest absolute Gasteiger partial charge is 0.119 e. The van der Waals surface area contributed by atoms with Crippen molar-refractivity contribution in [2.75, 3.05) is 7.05 Å². The minimum absolute atomic E-state index is 0.0960. The Bertz CT molecular complexity index is 1060. The number of phenolic OH excluding ortho intramolecular Hbond substituents is 1. The Morgan fingerprint density at radius 2 is 1.71 bits per heavy atom. The normalized spacial score (nSPS) is 14.2. The Balaban J connectivity index is 2.18. The van der Waals surface area contributed by atoms with Gasteiger partial charge in [0.05, 0.1) is 5.71 Å². The van der Waals surface area contributed by atoms with E-state index in [1.54, 1.807) is 0 Å². The van der Waals surface area contributed by atoms with Gasteiger partial charge in [-0.05, 0) is 43.6 Å². The monoisotopic (exact) mass is 431 g/mol.